The van der Waals surface area contributed by atoms with Gasteiger partial charge in [-0.05, 0) is 68.8 Å². The van der Waals surface area contributed by atoms with Gasteiger partial charge in [-0.1, -0.05) is 72.9 Å². The fourth-order valence-corrected chi connectivity index (χ4v) is 6.48. The van der Waals surface area contributed by atoms with Crippen LogP contribution in [0.15, 0.2) is 168 Å². The van der Waals surface area contributed by atoms with E-state index in [1.807, 2.05) is 0 Å². The Morgan fingerprint density at radius 2 is 0.481 bits per heavy atom. The summed E-state index contributed by atoms with van der Waals surface area (Å²) in [7, 11) is 0. The number of hydrogen-bond donors (Lipinski definition) is 0. The maximum absolute atomic E-state index is 2.45. The van der Waals surface area contributed by atoms with Gasteiger partial charge >= 0.3 is 118 Å². The van der Waals surface area contributed by atoms with Gasteiger partial charge in [-0.2, -0.15) is 123 Å². The summed E-state index contributed by atoms with van der Waals surface area (Å²) in [5, 5.41) is 5.25. The minimum Gasteiger partial charge on any atom is -0.172 e. The van der Waals surface area contributed by atoms with Crippen molar-refractivity contribution in [3.05, 3.63) is 237 Å². The molecule has 2 aromatic carbocycles. The van der Waals surface area contributed by atoms with Crippen molar-refractivity contribution in [1.82, 2.24) is 0 Å². The van der Waals surface area contributed by atoms with Crippen molar-refractivity contribution in [2.45, 2.75) is 25.7 Å². The molecule has 4 heteroatoms. The Bertz CT molecular complexity index is 1850. The Kier molecular flexibility index (Phi) is 20.0. The molecule has 236 valence electrons. The van der Waals surface area contributed by atoms with E-state index in [-0.39, 0.29) is 118 Å². The molecule has 2 aromatic rings. The van der Waals surface area contributed by atoms with Crippen LogP contribution in [0.5, 0.6) is 0 Å². The molecular weight excluding hydrogens is 668 g/mol. The van der Waals surface area contributed by atoms with E-state index in [9.17, 15) is 0 Å². The molecule has 0 radical (unpaired) electrons. The van der Waals surface area contributed by atoms with E-state index in [1.54, 1.807) is 0 Å². The normalized spacial score (nSPS) is 17.4. The second-order valence-electron chi connectivity index (χ2n) is 12.5. The minimum absolute atomic E-state index is 0. The molecule has 0 saturated heterocycles. The monoisotopic (exact) mass is 708 g/mol. The molecule has 4 bridgehead atoms. The van der Waals surface area contributed by atoms with Crippen molar-refractivity contribution < 1.29 is 118 Å². The molecule has 0 spiro atoms. The Morgan fingerprint density at radius 3 is 0.673 bits per heavy atom. The summed E-state index contributed by atoms with van der Waals surface area (Å²) < 4.78 is 0. The van der Waals surface area contributed by atoms with Crippen LogP contribution < -0.4 is 139 Å². The van der Waals surface area contributed by atoms with Gasteiger partial charge in [-0.3, -0.25) is 0 Å². The average Bonchev–Trinajstić information content (AvgIpc) is 3.14. The van der Waals surface area contributed by atoms with E-state index >= 15 is 0 Å². The molecule has 0 amide bonds. The predicted octanol–water partition coefficient (Wildman–Crippen LogP) is -4.26. The summed E-state index contributed by atoms with van der Waals surface area (Å²) in [6.07, 6.45) is 64.6. The first kappa shape index (κ1) is 44.7. The molecule has 8 aliphatic rings. The van der Waals surface area contributed by atoms with Gasteiger partial charge in [0.2, 0.25) is 0 Å². The summed E-state index contributed by atoms with van der Waals surface area (Å²) in [5.41, 5.74) is 10.4. The minimum atomic E-state index is 0. The first-order valence-electron chi connectivity index (χ1n) is 17.0. The first-order chi connectivity index (χ1) is 23.8. The summed E-state index contributed by atoms with van der Waals surface area (Å²) in [5.74, 6) is 0. The van der Waals surface area contributed by atoms with Crippen LogP contribution in [0.1, 0.15) is 22.3 Å². The molecule has 8 aliphatic carbocycles. The van der Waals surface area contributed by atoms with Crippen LogP contribution in [0, 0.1) is 25.7 Å². The van der Waals surface area contributed by atoms with E-state index in [0.29, 0.717) is 0 Å². The maximum atomic E-state index is 2.45. The van der Waals surface area contributed by atoms with E-state index in [1.165, 1.54) is 65.4 Å². The van der Waals surface area contributed by atoms with Gasteiger partial charge in [0, 0.05) is 0 Å². The Hall–Kier alpha value is -1.72. The van der Waals surface area contributed by atoms with Crippen LogP contribution >= 0.6 is 0 Å². The fraction of sp³-hybridized carbons (Fsp3) is 0.0833. The SMILES string of the molecule is C1=CC(=C/C=c2\cc3/c(=C/C=C4C=C[CH-]C=C4)cc2CCc2c/c(=C\C=C4C=C[CH-]C=C4)c(c/c2=C\C=C2C=C[CH-]C=C2)CC3)C=C[CH-]1.[Na+].[Na+].[Na+].[Na+]. The van der Waals surface area contributed by atoms with Gasteiger partial charge in [0.1, 0.15) is 0 Å². The fourth-order valence-electron chi connectivity index (χ4n) is 6.48. The third-order valence-corrected chi connectivity index (χ3v) is 9.15. The molecule has 0 heterocycles. The maximum Gasteiger partial charge on any atom is 1.00 e. The van der Waals surface area contributed by atoms with Crippen LogP contribution in [0.2, 0.25) is 0 Å². The van der Waals surface area contributed by atoms with Crippen LogP contribution in [-0.2, 0) is 25.7 Å². The molecule has 0 atom stereocenters. The number of benzene rings is 2. The van der Waals surface area contributed by atoms with Crippen LogP contribution in [0.25, 0.3) is 24.3 Å². The number of hydrogen-bond acceptors (Lipinski definition) is 0. The third-order valence-electron chi connectivity index (χ3n) is 9.15. The van der Waals surface area contributed by atoms with Gasteiger partial charge in [-0.25, -0.2) is 0 Å². The Morgan fingerprint density at radius 1 is 0.288 bits per heavy atom. The molecular formula is C48H40Na4. The van der Waals surface area contributed by atoms with Crippen molar-refractivity contribution >= 4 is 24.3 Å². The molecule has 10 rings (SSSR count). The smallest absolute Gasteiger partial charge is 0.172 e. The zero-order chi connectivity index (χ0) is 32.4. The Balaban J connectivity index is 0.00000182. The summed E-state index contributed by atoms with van der Waals surface area (Å²) in [6.45, 7) is 0. The molecule has 0 fully saturated rings. The summed E-state index contributed by atoms with van der Waals surface area (Å²) in [6, 6.07) is 9.79. The zero-order valence-corrected chi connectivity index (χ0v) is 39.3. The van der Waals surface area contributed by atoms with Crippen molar-refractivity contribution in [3.8, 4) is 0 Å². The van der Waals surface area contributed by atoms with Crippen molar-refractivity contribution in [2.75, 3.05) is 0 Å². The topological polar surface area (TPSA) is 0 Å². The van der Waals surface area contributed by atoms with Crippen LogP contribution in [-0.4, -0.2) is 0 Å². The average molecular weight is 709 g/mol. The Labute approximate surface area is 399 Å². The predicted molar refractivity (Wildman–Crippen MR) is 207 cm³/mol. The van der Waals surface area contributed by atoms with Crippen molar-refractivity contribution in [1.29, 1.82) is 0 Å². The summed E-state index contributed by atoms with van der Waals surface area (Å²) >= 11 is 0. The van der Waals surface area contributed by atoms with Crippen molar-refractivity contribution in [3.63, 3.8) is 0 Å². The van der Waals surface area contributed by atoms with Crippen LogP contribution in [0.4, 0.5) is 0 Å². The largest absolute Gasteiger partial charge is 1.00 e. The number of aryl methyl sites for hydroxylation is 4. The summed E-state index contributed by atoms with van der Waals surface area (Å²) in [4.78, 5) is 0. The molecule has 0 aliphatic heterocycles. The standard InChI is InChI=1S/C48H40.4Na/c1-5-13-37(14-6-1)21-25-41-33-46-31-32-48-36-43(27-23-39-17-9-3-10-18-39)47(35-44(48)28-24-40-19-11-4-12-20-40)30-29-45(41)34-42(46)26-22-38-15-7-2-8-16-38;;;;/h1-28,33-36H,29-32H2;;;;/q-4;4*+1/b41-25+,42-26+,43-27+,44-28+;;;;. The van der Waals surface area contributed by atoms with Crippen LogP contribution in [0.3, 0.4) is 0 Å². The third kappa shape index (κ3) is 12.7. The quantitative estimate of drug-likeness (QED) is 0.223. The van der Waals surface area contributed by atoms with Gasteiger partial charge in [0.05, 0.1) is 0 Å². The van der Waals surface area contributed by atoms with E-state index < -0.39 is 0 Å². The molecule has 52 heavy (non-hydrogen) atoms. The van der Waals surface area contributed by atoms with Gasteiger partial charge < -0.3 is 0 Å². The second-order valence-corrected chi connectivity index (χ2v) is 12.5. The molecule has 0 aromatic heterocycles. The number of allylic oxidation sites excluding steroid dienone is 24. The van der Waals surface area contributed by atoms with Crippen molar-refractivity contribution in [2.24, 2.45) is 0 Å². The van der Waals surface area contributed by atoms with E-state index in [2.05, 4.69) is 196 Å². The molecule has 0 nitrogen and oxygen atoms in total. The van der Waals surface area contributed by atoms with Gasteiger partial charge in [-0.15, -0.1) is 22.3 Å². The molecule has 0 saturated carbocycles. The molecule has 0 N–H and O–H groups in total. The van der Waals surface area contributed by atoms with E-state index in [4.69, 9.17) is 0 Å². The molecule has 0 unspecified atom stereocenters. The number of rotatable bonds is 4. The zero-order valence-electron chi connectivity index (χ0n) is 31.3. The van der Waals surface area contributed by atoms with Gasteiger partial charge in [0.15, 0.2) is 0 Å². The van der Waals surface area contributed by atoms with Gasteiger partial charge in [0.25, 0.3) is 0 Å². The van der Waals surface area contributed by atoms with E-state index in [0.717, 1.165) is 25.7 Å². The second kappa shape index (κ2) is 23.3. The first-order valence-corrected chi connectivity index (χ1v) is 17.0.